The number of aromatic nitrogens is 2. The Bertz CT molecular complexity index is 745. The maximum atomic E-state index is 12.2. The number of thiophene rings is 2. The minimum atomic E-state index is -0.0377. The lowest BCUT2D eigenvalue weighted by atomic mass is 10.2. The van der Waals surface area contributed by atoms with Gasteiger partial charge in [0.15, 0.2) is 0 Å². The second-order valence-electron chi connectivity index (χ2n) is 5.12. The molecular formula is C16H17N3OS2. The Morgan fingerprint density at radius 2 is 2.23 bits per heavy atom. The first-order valence-electron chi connectivity index (χ1n) is 7.01. The van der Waals surface area contributed by atoms with Gasteiger partial charge in [0.05, 0.1) is 5.69 Å². The molecule has 1 amide bonds. The minimum absolute atomic E-state index is 0.0243. The van der Waals surface area contributed by atoms with E-state index in [4.69, 9.17) is 0 Å². The van der Waals surface area contributed by atoms with E-state index in [1.165, 1.54) is 16.2 Å². The molecule has 0 aromatic carbocycles. The Labute approximate surface area is 137 Å². The van der Waals surface area contributed by atoms with Crippen LogP contribution in [0.3, 0.4) is 0 Å². The van der Waals surface area contributed by atoms with E-state index in [9.17, 15) is 4.79 Å². The molecule has 0 saturated heterocycles. The highest BCUT2D eigenvalue weighted by atomic mass is 32.1. The van der Waals surface area contributed by atoms with E-state index in [0.717, 1.165) is 11.4 Å². The molecule has 4 nitrogen and oxygen atoms in total. The van der Waals surface area contributed by atoms with Crippen molar-refractivity contribution < 1.29 is 4.79 Å². The van der Waals surface area contributed by atoms with Gasteiger partial charge < -0.3 is 5.32 Å². The number of aryl methyl sites for hydroxylation is 2. The molecule has 22 heavy (non-hydrogen) atoms. The summed E-state index contributed by atoms with van der Waals surface area (Å²) in [5.41, 5.74) is 2.80. The highest BCUT2D eigenvalue weighted by Crippen LogP contribution is 2.24. The molecule has 1 N–H and O–H groups in total. The summed E-state index contributed by atoms with van der Waals surface area (Å²) >= 11 is 3.21. The van der Waals surface area contributed by atoms with Gasteiger partial charge in [-0.1, -0.05) is 6.07 Å². The van der Waals surface area contributed by atoms with Crippen molar-refractivity contribution in [3.63, 3.8) is 0 Å². The topological polar surface area (TPSA) is 46.9 Å². The summed E-state index contributed by atoms with van der Waals surface area (Å²) in [6, 6.07) is 8.03. The number of hydrogen-bond acceptors (Lipinski definition) is 4. The molecule has 1 atom stereocenters. The molecule has 3 aromatic heterocycles. The van der Waals surface area contributed by atoms with Crippen LogP contribution in [0.1, 0.15) is 32.7 Å². The predicted molar refractivity (Wildman–Crippen MR) is 90.8 cm³/mol. The molecule has 0 radical (unpaired) electrons. The zero-order valence-electron chi connectivity index (χ0n) is 12.4. The molecule has 0 saturated carbocycles. The van der Waals surface area contributed by atoms with Gasteiger partial charge in [0, 0.05) is 28.1 Å². The fourth-order valence-electron chi connectivity index (χ4n) is 2.44. The third kappa shape index (κ3) is 3.13. The first-order chi connectivity index (χ1) is 10.6. The molecule has 0 aliphatic rings. The standard InChI is InChI=1S/C16H17N3OS2/c1-11-8-12(2)19(18-11)14(15-4-3-6-22-15)9-17-16(20)13-5-7-21-10-13/h3-8,10,14H,9H2,1-2H3,(H,17,20)/t14-/m1/s1. The SMILES string of the molecule is Cc1cc(C)n([C@H](CNC(=O)c2ccsc2)c2cccs2)n1. The molecule has 0 spiro atoms. The molecule has 3 rings (SSSR count). The number of carbonyl (C=O) groups is 1. The second kappa shape index (κ2) is 6.46. The van der Waals surface area contributed by atoms with Crippen LogP contribution in [0.2, 0.25) is 0 Å². The van der Waals surface area contributed by atoms with Crippen LogP contribution in [-0.2, 0) is 0 Å². The third-order valence-corrected chi connectivity index (χ3v) is 5.11. The highest BCUT2D eigenvalue weighted by molar-refractivity contribution is 7.10. The van der Waals surface area contributed by atoms with Crippen molar-refractivity contribution in [3.8, 4) is 0 Å². The average Bonchev–Trinajstić information content (AvgIpc) is 3.22. The first-order valence-corrected chi connectivity index (χ1v) is 8.84. The van der Waals surface area contributed by atoms with Crippen LogP contribution >= 0.6 is 22.7 Å². The molecule has 114 valence electrons. The Morgan fingerprint density at radius 1 is 1.36 bits per heavy atom. The number of nitrogens with zero attached hydrogens (tertiary/aromatic N) is 2. The van der Waals surface area contributed by atoms with Crippen molar-refractivity contribution in [2.45, 2.75) is 19.9 Å². The molecule has 0 aliphatic carbocycles. The summed E-state index contributed by atoms with van der Waals surface area (Å²) in [5.74, 6) is -0.0377. The molecule has 0 bridgehead atoms. The van der Waals surface area contributed by atoms with Crippen LogP contribution in [0.25, 0.3) is 0 Å². The van der Waals surface area contributed by atoms with Crippen molar-refractivity contribution in [1.29, 1.82) is 0 Å². The number of carbonyl (C=O) groups excluding carboxylic acids is 1. The van der Waals surface area contributed by atoms with Gasteiger partial charge in [0.25, 0.3) is 5.91 Å². The summed E-state index contributed by atoms with van der Waals surface area (Å²) in [5, 5.41) is 13.4. The van der Waals surface area contributed by atoms with E-state index < -0.39 is 0 Å². The van der Waals surface area contributed by atoms with E-state index in [2.05, 4.69) is 27.9 Å². The molecule has 0 fully saturated rings. The summed E-state index contributed by atoms with van der Waals surface area (Å²) in [4.78, 5) is 13.4. The van der Waals surface area contributed by atoms with Gasteiger partial charge in [-0.25, -0.2) is 0 Å². The zero-order valence-corrected chi connectivity index (χ0v) is 14.1. The van der Waals surface area contributed by atoms with Crippen molar-refractivity contribution in [2.75, 3.05) is 6.54 Å². The van der Waals surface area contributed by atoms with E-state index in [0.29, 0.717) is 12.1 Å². The van der Waals surface area contributed by atoms with Crippen molar-refractivity contribution in [1.82, 2.24) is 15.1 Å². The maximum absolute atomic E-state index is 12.2. The first kappa shape index (κ1) is 15.0. The smallest absolute Gasteiger partial charge is 0.252 e. The van der Waals surface area contributed by atoms with Crippen LogP contribution in [0.5, 0.6) is 0 Å². The Morgan fingerprint density at radius 3 is 2.82 bits per heavy atom. The summed E-state index contributed by atoms with van der Waals surface area (Å²) in [6.07, 6.45) is 0. The third-order valence-electron chi connectivity index (χ3n) is 3.45. The Balaban J connectivity index is 1.81. The maximum Gasteiger partial charge on any atom is 0.252 e. The van der Waals surface area contributed by atoms with Crippen molar-refractivity contribution in [2.24, 2.45) is 0 Å². The zero-order chi connectivity index (χ0) is 15.5. The lowest BCUT2D eigenvalue weighted by molar-refractivity contribution is 0.0949. The number of rotatable bonds is 5. The van der Waals surface area contributed by atoms with Gasteiger partial charge in [-0.15, -0.1) is 11.3 Å². The van der Waals surface area contributed by atoms with E-state index >= 15 is 0 Å². The van der Waals surface area contributed by atoms with Crippen LogP contribution in [0, 0.1) is 13.8 Å². The second-order valence-corrected chi connectivity index (χ2v) is 6.88. The molecule has 3 heterocycles. The quantitative estimate of drug-likeness (QED) is 0.776. The molecule has 3 aromatic rings. The van der Waals surface area contributed by atoms with E-state index in [1.54, 1.807) is 11.3 Å². The van der Waals surface area contributed by atoms with E-state index in [1.807, 2.05) is 41.4 Å². The molecule has 0 aliphatic heterocycles. The van der Waals surface area contributed by atoms with Crippen LogP contribution in [0.4, 0.5) is 0 Å². The van der Waals surface area contributed by atoms with E-state index in [-0.39, 0.29) is 11.9 Å². The number of hydrogen-bond donors (Lipinski definition) is 1. The average molecular weight is 331 g/mol. The van der Waals surface area contributed by atoms with Gasteiger partial charge >= 0.3 is 0 Å². The Kier molecular flexibility index (Phi) is 4.40. The Hall–Kier alpha value is -1.92. The monoisotopic (exact) mass is 331 g/mol. The van der Waals surface area contributed by atoms with Crippen LogP contribution in [0.15, 0.2) is 40.4 Å². The summed E-state index contributed by atoms with van der Waals surface area (Å²) in [6.45, 7) is 4.55. The molecule has 6 heteroatoms. The van der Waals surface area contributed by atoms with Crippen molar-refractivity contribution in [3.05, 3.63) is 62.2 Å². The molecule has 0 unspecified atom stereocenters. The van der Waals surface area contributed by atoms with Gasteiger partial charge in [-0.05, 0) is 42.8 Å². The minimum Gasteiger partial charge on any atom is -0.349 e. The van der Waals surface area contributed by atoms with Gasteiger partial charge in [-0.3, -0.25) is 9.48 Å². The lowest BCUT2D eigenvalue weighted by Gasteiger charge is -2.18. The fraction of sp³-hybridized carbons (Fsp3) is 0.250. The normalized spacial score (nSPS) is 12.3. The highest BCUT2D eigenvalue weighted by Gasteiger charge is 2.19. The van der Waals surface area contributed by atoms with Crippen LogP contribution in [-0.4, -0.2) is 22.2 Å². The number of nitrogens with one attached hydrogen (secondary N) is 1. The largest absolute Gasteiger partial charge is 0.349 e. The lowest BCUT2D eigenvalue weighted by Crippen LogP contribution is -2.31. The number of amides is 1. The summed E-state index contributed by atoms with van der Waals surface area (Å²) in [7, 11) is 0. The summed E-state index contributed by atoms with van der Waals surface area (Å²) < 4.78 is 2.00. The van der Waals surface area contributed by atoms with Crippen LogP contribution < -0.4 is 5.32 Å². The van der Waals surface area contributed by atoms with Crippen molar-refractivity contribution >= 4 is 28.6 Å². The van der Waals surface area contributed by atoms with Gasteiger partial charge in [0.2, 0.25) is 0 Å². The van der Waals surface area contributed by atoms with Gasteiger partial charge in [-0.2, -0.15) is 16.4 Å². The fourth-order valence-corrected chi connectivity index (χ4v) is 3.88. The molecular weight excluding hydrogens is 314 g/mol. The van der Waals surface area contributed by atoms with Gasteiger partial charge in [0.1, 0.15) is 6.04 Å². The predicted octanol–water partition coefficient (Wildman–Crippen LogP) is 3.64.